The minimum absolute atomic E-state index is 0.245. The maximum absolute atomic E-state index is 10.1. The van der Waals surface area contributed by atoms with Crippen LogP contribution in [0.4, 0.5) is 5.88 Å². The van der Waals surface area contributed by atoms with E-state index < -0.39 is 4.92 Å². The Labute approximate surface area is 70.8 Å². The van der Waals surface area contributed by atoms with Crippen LogP contribution in [0.5, 0.6) is 0 Å². The lowest BCUT2D eigenvalue weighted by molar-refractivity contribution is -0.402. The first-order chi connectivity index (χ1) is 5.24. The van der Waals surface area contributed by atoms with Crippen molar-refractivity contribution >= 4 is 27.9 Å². The number of furan rings is 1. The maximum atomic E-state index is 10.1. The Morgan fingerprint density at radius 2 is 2.36 bits per heavy atom. The highest BCUT2D eigenvalue weighted by Crippen LogP contribution is 2.16. The van der Waals surface area contributed by atoms with E-state index in [0.717, 1.165) is 0 Å². The summed E-state index contributed by atoms with van der Waals surface area (Å²) >= 11 is 3.02. The lowest BCUT2D eigenvalue weighted by Gasteiger charge is -1.81. The normalized spacial score (nSPS) is 10.6. The molecule has 0 saturated heterocycles. The Morgan fingerprint density at radius 3 is 2.82 bits per heavy atom. The lowest BCUT2D eigenvalue weighted by atomic mass is 10.4. The zero-order valence-electron chi connectivity index (χ0n) is 5.36. The molecule has 0 aliphatic heterocycles. The Morgan fingerprint density at radius 1 is 1.64 bits per heavy atom. The van der Waals surface area contributed by atoms with Crippen LogP contribution in [0.1, 0.15) is 5.76 Å². The first-order valence-corrected chi connectivity index (χ1v) is 3.66. The van der Waals surface area contributed by atoms with Crippen LogP contribution in [-0.4, -0.2) is 4.92 Å². The number of hydrogen-bond donors (Lipinski definition) is 0. The average molecular weight is 218 g/mol. The van der Waals surface area contributed by atoms with Gasteiger partial charge in [0.1, 0.15) is 10.7 Å². The van der Waals surface area contributed by atoms with Crippen LogP contribution in [0.25, 0.3) is 6.08 Å². The third kappa shape index (κ3) is 1.91. The van der Waals surface area contributed by atoms with Crippen LogP contribution in [0.15, 0.2) is 21.5 Å². The molecule has 0 amide bonds. The van der Waals surface area contributed by atoms with Crippen LogP contribution >= 0.6 is 15.9 Å². The molecule has 0 unspecified atom stereocenters. The molecule has 1 aromatic heterocycles. The van der Waals surface area contributed by atoms with Gasteiger partial charge in [0.25, 0.3) is 0 Å². The van der Waals surface area contributed by atoms with Crippen molar-refractivity contribution in [2.24, 2.45) is 0 Å². The highest BCUT2D eigenvalue weighted by Gasteiger charge is 2.09. The summed E-state index contributed by atoms with van der Waals surface area (Å²) in [5, 5.41) is 10.1. The molecule has 0 radical (unpaired) electrons. The van der Waals surface area contributed by atoms with E-state index in [1.165, 1.54) is 12.1 Å². The van der Waals surface area contributed by atoms with Gasteiger partial charge in [0.2, 0.25) is 0 Å². The van der Waals surface area contributed by atoms with Gasteiger partial charge in [-0.05, 0) is 17.1 Å². The van der Waals surface area contributed by atoms with E-state index >= 15 is 0 Å². The summed E-state index contributed by atoms with van der Waals surface area (Å²) in [4.78, 5) is 11.1. The Balaban J connectivity index is 2.90. The molecule has 0 aliphatic carbocycles. The molecule has 0 atom stereocenters. The minimum Gasteiger partial charge on any atom is -0.401 e. The van der Waals surface area contributed by atoms with Crippen molar-refractivity contribution in [3.63, 3.8) is 0 Å². The van der Waals surface area contributed by atoms with E-state index in [1.807, 2.05) is 0 Å². The van der Waals surface area contributed by atoms with E-state index in [-0.39, 0.29) is 5.88 Å². The summed E-state index contributed by atoms with van der Waals surface area (Å²) in [6.07, 6.45) is 1.58. The summed E-state index contributed by atoms with van der Waals surface area (Å²) < 4.78 is 4.77. The number of nitrogens with zero attached hydrogens (tertiary/aromatic N) is 1. The Bertz CT molecular complexity index is 292. The molecule has 0 fully saturated rings. The fraction of sp³-hybridized carbons (Fsp3) is 0. The molecule has 5 heteroatoms. The van der Waals surface area contributed by atoms with Crippen molar-refractivity contribution in [2.75, 3.05) is 0 Å². The van der Waals surface area contributed by atoms with Crippen LogP contribution in [-0.2, 0) is 0 Å². The molecule has 11 heavy (non-hydrogen) atoms. The lowest BCUT2D eigenvalue weighted by Crippen LogP contribution is -1.82. The molecule has 1 aromatic rings. The van der Waals surface area contributed by atoms with Crippen molar-refractivity contribution < 1.29 is 9.34 Å². The van der Waals surface area contributed by atoms with Crippen molar-refractivity contribution in [3.8, 4) is 0 Å². The van der Waals surface area contributed by atoms with Crippen LogP contribution < -0.4 is 0 Å². The minimum atomic E-state index is -0.578. The SMILES string of the molecule is O=[N+]([O-])c1ccc(/C=C\Br)o1. The standard InChI is InChI=1S/C6H4BrNO3/c7-4-3-5-1-2-6(11-5)8(9)10/h1-4H/b4-3-. The Kier molecular flexibility index (Phi) is 2.43. The van der Waals surface area contributed by atoms with Gasteiger partial charge in [-0.1, -0.05) is 15.9 Å². The molecule has 0 aliphatic rings. The topological polar surface area (TPSA) is 56.3 Å². The fourth-order valence-electron chi connectivity index (χ4n) is 0.592. The van der Waals surface area contributed by atoms with Gasteiger partial charge in [-0.2, -0.15) is 0 Å². The maximum Gasteiger partial charge on any atom is 0.433 e. The van der Waals surface area contributed by atoms with Crippen molar-refractivity contribution in [1.29, 1.82) is 0 Å². The largest absolute Gasteiger partial charge is 0.433 e. The van der Waals surface area contributed by atoms with Crippen LogP contribution in [0, 0.1) is 10.1 Å². The molecule has 0 bridgehead atoms. The Hall–Kier alpha value is -1.10. The monoisotopic (exact) mass is 217 g/mol. The quantitative estimate of drug-likeness (QED) is 0.566. The number of nitro groups is 1. The molecule has 0 saturated carbocycles. The highest BCUT2D eigenvalue weighted by atomic mass is 79.9. The third-order valence-electron chi connectivity index (χ3n) is 1.02. The first kappa shape index (κ1) is 8.00. The van der Waals surface area contributed by atoms with Gasteiger partial charge >= 0.3 is 5.88 Å². The molecular formula is C6H4BrNO3. The molecule has 0 spiro atoms. The fourth-order valence-corrected chi connectivity index (χ4v) is 0.853. The zero-order valence-corrected chi connectivity index (χ0v) is 6.95. The average Bonchev–Trinajstić information content (AvgIpc) is 2.37. The molecule has 0 aromatic carbocycles. The molecule has 4 nitrogen and oxygen atoms in total. The van der Waals surface area contributed by atoms with Crippen molar-refractivity contribution in [1.82, 2.24) is 0 Å². The van der Waals surface area contributed by atoms with E-state index in [2.05, 4.69) is 15.9 Å². The van der Waals surface area contributed by atoms with Crippen molar-refractivity contribution in [3.05, 3.63) is 33.0 Å². The molecule has 0 N–H and O–H groups in total. The van der Waals surface area contributed by atoms with Gasteiger partial charge in [-0.3, -0.25) is 10.1 Å². The molecule has 1 heterocycles. The van der Waals surface area contributed by atoms with Crippen LogP contribution in [0.3, 0.4) is 0 Å². The predicted octanol–water partition coefficient (Wildman–Crippen LogP) is 2.55. The van der Waals surface area contributed by atoms with Gasteiger partial charge in [0, 0.05) is 0 Å². The molecular weight excluding hydrogens is 214 g/mol. The second-order valence-corrected chi connectivity index (χ2v) is 2.25. The van der Waals surface area contributed by atoms with Gasteiger partial charge in [0.05, 0.1) is 6.07 Å². The zero-order chi connectivity index (χ0) is 8.27. The van der Waals surface area contributed by atoms with E-state index in [9.17, 15) is 10.1 Å². The van der Waals surface area contributed by atoms with Crippen molar-refractivity contribution in [2.45, 2.75) is 0 Å². The van der Waals surface area contributed by atoms with E-state index in [0.29, 0.717) is 5.76 Å². The summed E-state index contributed by atoms with van der Waals surface area (Å²) in [5.74, 6) is 0.208. The van der Waals surface area contributed by atoms with Crippen LogP contribution in [0.2, 0.25) is 0 Å². The van der Waals surface area contributed by atoms with E-state index in [4.69, 9.17) is 4.42 Å². The third-order valence-corrected chi connectivity index (χ3v) is 1.28. The molecule has 58 valence electrons. The second-order valence-electron chi connectivity index (χ2n) is 1.73. The summed E-state index contributed by atoms with van der Waals surface area (Å²) in [7, 11) is 0. The number of halogens is 1. The molecule has 1 rings (SSSR count). The smallest absolute Gasteiger partial charge is 0.401 e. The van der Waals surface area contributed by atoms with Gasteiger partial charge < -0.3 is 4.42 Å². The predicted molar refractivity (Wildman–Crippen MR) is 43.3 cm³/mol. The van der Waals surface area contributed by atoms with Gasteiger partial charge in [-0.15, -0.1) is 0 Å². The number of hydrogen-bond acceptors (Lipinski definition) is 3. The van der Waals surface area contributed by atoms with E-state index in [1.54, 1.807) is 11.1 Å². The van der Waals surface area contributed by atoms with Gasteiger partial charge in [0.15, 0.2) is 0 Å². The van der Waals surface area contributed by atoms with Gasteiger partial charge in [-0.25, -0.2) is 0 Å². The summed E-state index contributed by atoms with van der Waals surface area (Å²) in [5.41, 5.74) is 0. The summed E-state index contributed by atoms with van der Waals surface area (Å²) in [6, 6.07) is 2.83. The number of rotatable bonds is 2. The first-order valence-electron chi connectivity index (χ1n) is 2.75. The highest BCUT2D eigenvalue weighted by molar-refractivity contribution is 9.11. The summed E-state index contributed by atoms with van der Waals surface area (Å²) in [6.45, 7) is 0. The second kappa shape index (κ2) is 3.34.